The van der Waals surface area contributed by atoms with Gasteiger partial charge < -0.3 is 5.32 Å². The molecule has 1 aromatic carbocycles. The number of anilines is 1. The molecule has 0 bridgehead atoms. The predicted molar refractivity (Wildman–Crippen MR) is 87.8 cm³/mol. The molecule has 0 aliphatic carbocycles. The number of pyridine rings is 1. The van der Waals surface area contributed by atoms with E-state index in [9.17, 15) is 26.4 Å². The van der Waals surface area contributed by atoms with E-state index < -0.39 is 27.8 Å². The molecule has 2 amide bonds. The fraction of sp³-hybridized carbons (Fsp3) is 0.200. The van der Waals surface area contributed by atoms with E-state index in [-0.39, 0.29) is 22.8 Å². The van der Waals surface area contributed by atoms with Crippen LogP contribution < -0.4 is 15.4 Å². The summed E-state index contributed by atoms with van der Waals surface area (Å²) >= 11 is 0. The van der Waals surface area contributed by atoms with Crippen molar-refractivity contribution in [3.05, 3.63) is 53.7 Å². The molecule has 0 spiro atoms. The maximum absolute atomic E-state index is 12.6. The molecule has 0 unspecified atom stereocenters. The van der Waals surface area contributed by atoms with Gasteiger partial charge in [-0.2, -0.15) is 13.2 Å². The van der Waals surface area contributed by atoms with Crippen molar-refractivity contribution >= 4 is 21.9 Å². The lowest BCUT2D eigenvalue weighted by molar-refractivity contribution is -0.137. The number of hydrogen-bond donors (Lipinski definition) is 3. The Bertz CT molecular complexity index is 884. The van der Waals surface area contributed by atoms with E-state index in [1.807, 2.05) is 0 Å². The number of amides is 2. The number of carbonyl (C=O) groups is 1. The summed E-state index contributed by atoms with van der Waals surface area (Å²) in [4.78, 5) is 15.5. The third-order valence-electron chi connectivity index (χ3n) is 3.26. The Hall–Kier alpha value is -2.66. The summed E-state index contributed by atoms with van der Waals surface area (Å²) in [6.45, 7) is -0.123. The number of nitrogens with zero attached hydrogens (tertiary/aromatic N) is 1. The molecular formula is C15H15F3N4O3S. The van der Waals surface area contributed by atoms with Crippen molar-refractivity contribution in [2.75, 3.05) is 12.4 Å². The fourth-order valence-corrected chi connectivity index (χ4v) is 2.61. The Morgan fingerprint density at radius 3 is 2.50 bits per heavy atom. The Balaban J connectivity index is 1.95. The number of carbonyl (C=O) groups excluding carboxylic acids is 1. The van der Waals surface area contributed by atoms with Gasteiger partial charge in [-0.05, 0) is 36.9 Å². The highest BCUT2D eigenvalue weighted by Crippen LogP contribution is 2.29. The highest BCUT2D eigenvalue weighted by Gasteiger charge is 2.30. The second-order valence-electron chi connectivity index (χ2n) is 5.09. The first-order valence-corrected chi connectivity index (χ1v) is 8.71. The van der Waals surface area contributed by atoms with Crippen LogP contribution in [0.5, 0.6) is 0 Å². The first-order chi connectivity index (χ1) is 12.1. The van der Waals surface area contributed by atoms with Crippen molar-refractivity contribution < 1.29 is 26.4 Å². The van der Waals surface area contributed by atoms with Gasteiger partial charge in [0.05, 0.1) is 5.56 Å². The molecule has 0 aliphatic heterocycles. The number of rotatable bonds is 5. The summed E-state index contributed by atoms with van der Waals surface area (Å²) in [5.41, 5.74) is -0.529. The lowest BCUT2D eigenvalue weighted by Gasteiger charge is -2.10. The van der Waals surface area contributed by atoms with Crippen LogP contribution in [-0.2, 0) is 22.7 Å². The summed E-state index contributed by atoms with van der Waals surface area (Å²) in [7, 11) is -2.39. The number of aromatic nitrogens is 1. The molecule has 0 saturated carbocycles. The summed E-state index contributed by atoms with van der Waals surface area (Å²) < 4.78 is 63.2. The normalized spacial score (nSPS) is 11.8. The van der Waals surface area contributed by atoms with Crippen LogP contribution >= 0.6 is 0 Å². The largest absolute Gasteiger partial charge is 0.416 e. The first kappa shape index (κ1) is 19.7. The highest BCUT2D eigenvalue weighted by molar-refractivity contribution is 7.89. The van der Waals surface area contributed by atoms with Crippen molar-refractivity contribution in [1.29, 1.82) is 0 Å². The third kappa shape index (κ3) is 5.17. The first-order valence-electron chi connectivity index (χ1n) is 7.22. The molecule has 0 radical (unpaired) electrons. The van der Waals surface area contributed by atoms with E-state index in [1.165, 1.54) is 31.3 Å². The third-order valence-corrected chi connectivity index (χ3v) is 4.66. The van der Waals surface area contributed by atoms with Crippen LogP contribution in [-0.4, -0.2) is 26.5 Å². The molecule has 26 heavy (non-hydrogen) atoms. The van der Waals surface area contributed by atoms with Crippen molar-refractivity contribution in [2.45, 2.75) is 17.6 Å². The molecule has 3 N–H and O–H groups in total. The molecular weight excluding hydrogens is 373 g/mol. The van der Waals surface area contributed by atoms with Gasteiger partial charge in [0, 0.05) is 12.7 Å². The number of nitrogens with one attached hydrogen (secondary N) is 3. The molecule has 2 aromatic rings. The van der Waals surface area contributed by atoms with Gasteiger partial charge in [0.1, 0.15) is 10.7 Å². The van der Waals surface area contributed by atoms with Gasteiger partial charge in [-0.25, -0.2) is 22.9 Å². The van der Waals surface area contributed by atoms with Crippen molar-refractivity contribution in [3.63, 3.8) is 0 Å². The minimum Gasteiger partial charge on any atom is -0.334 e. The lowest BCUT2D eigenvalue weighted by atomic mass is 10.1. The average Bonchev–Trinajstić information content (AvgIpc) is 2.60. The number of urea groups is 1. The fourth-order valence-electron chi connectivity index (χ4n) is 1.93. The molecule has 1 aromatic heterocycles. The zero-order valence-electron chi connectivity index (χ0n) is 13.5. The van der Waals surface area contributed by atoms with Gasteiger partial charge in [-0.15, -0.1) is 0 Å². The summed E-state index contributed by atoms with van der Waals surface area (Å²) in [6, 6.07) is 6.42. The van der Waals surface area contributed by atoms with Gasteiger partial charge in [0.15, 0.2) is 0 Å². The predicted octanol–water partition coefficient (Wildman–Crippen LogP) is 2.33. The Labute approximate surface area is 147 Å². The summed E-state index contributed by atoms with van der Waals surface area (Å²) in [6.07, 6.45) is -3.40. The van der Waals surface area contributed by atoms with Crippen molar-refractivity contribution in [1.82, 2.24) is 15.0 Å². The van der Waals surface area contributed by atoms with Crippen molar-refractivity contribution in [2.24, 2.45) is 0 Å². The standard InChI is InChI=1S/C15H15F3N4O3S/c1-19-26(24,25)12-5-6-13(20-9-12)22-14(23)21-8-10-3-2-4-11(7-10)15(16,17)18/h2-7,9,19H,8H2,1H3,(H2,20,21,22,23). The number of halogens is 3. The van der Waals surface area contributed by atoms with Crippen LogP contribution in [0.25, 0.3) is 0 Å². The van der Waals surface area contributed by atoms with Gasteiger partial charge in [0.25, 0.3) is 0 Å². The van der Waals surface area contributed by atoms with E-state index in [0.29, 0.717) is 0 Å². The SMILES string of the molecule is CNS(=O)(=O)c1ccc(NC(=O)NCc2cccc(C(F)(F)F)c2)nc1. The van der Waals surface area contributed by atoms with E-state index in [4.69, 9.17) is 0 Å². The molecule has 0 saturated heterocycles. The average molecular weight is 388 g/mol. The maximum atomic E-state index is 12.6. The van der Waals surface area contributed by atoms with Crippen LogP contribution in [0, 0.1) is 0 Å². The minimum absolute atomic E-state index is 0.0741. The molecule has 2 rings (SSSR count). The summed E-state index contributed by atoms with van der Waals surface area (Å²) in [5.74, 6) is 0.0848. The molecule has 1 heterocycles. The molecule has 0 aliphatic rings. The van der Waals surface area contributed by atoms with E-state index in [0.717, 1.165) is 18.3 Å². The van der Waals surface area contributed by atoms with Gasteiger partial charge in [-0.3, -0.25) is 5.32 Å². The molecule has 7 nitrogen and oxygen atoms in total. The quantitative estimate of drug-likeness (QED) is 0.732. The lowest BCUT2D eigenvalue weighted by Crippen LogP contribution is -2.28. The number of benzene rings is 1. The maximum Gasteiger partial charge on any atom is 0.416 e. The topological polar surface area (TPSA) is 100 Å². The molecule has 11 heteroatoms. The van der Waals surface area contributed by atoms with E-state index >= 15 is 0 Å². The second kappa shape index (κ2) is 7.70. The second-order valence-corrected chi connectivity index (χ2v) is 6.98. The Morgan fingerprint density at radius 1 is 1.19 bits per heavy atom. The van der Waals surface area contributed by atoms with Crippen LogP contribution in [0.3, 0.4) is 0 Å². The van der Waals surface area contributed by atoms with E-state index in [2.05, 4.69) is 20.3 Å². The monoisotopic (exact) mass is 388 g/mol. The zero-order chi connectivity index (χ0) is 19.4. The smallest absolute Gasteiger partial charge is 0.334 e. The summed E-state index contributed by atoms with van der Waals surface area (Å²) in [5, 5.41) is 4.75. The molecule has 0 atom stereocenters. The Kier molecular flexibility index (Phi) is 5.83. The highest BCUT2D eigenvalue weighted by atomic mass is 32.2. The molecule has 140 valence electrons. The number of sulfonamides is 1. The van der Waals surface area contributed by atoms with Crippen molar-refractivity contribution in [3.8, 4) is 0 Å². The van der Waals surface area contributed by atoms with Crippen LogP contribution in [0.1, 0.15) is 11.1 Å². The van der Waals surface area contributed by atoms with Gasteiger partial charge in [0.2, 0.25) is 10.0 Å². The zero-order valence-corrected chi connectivity index (χ0v) is 14.3. The van der Waals surface area contributed by atoms with Crippen LogP contribution in [0.4, 0.5) is 23.8 Å². The van der Waals surface area contributed by atoms with Crippen LogP contribution in [0.15, 0.2) is 47.5 Å². The number of alkyl halides is 3. The number of hydrogen-bond acceptors (Lipinski definition) is 4. The van der Waals surface area contributed by atoms with Gasteiger partial charge >= 0.3 is 12.2 Å². The van der Waals surface area contributed by atoms with Gasteiger partial charge in [-0.1, -0.05) is 12.1 Å². The Morgan fingerprint density at radius 2 is 1.92 bits per heavy atom. The van der Waals surface area contributed by atoms with Crippen LogP contribution in [0.2, 0.25) is 0 Å². The molecule has 0 fully saturated rings. The van der Waals surface area contributed by atoms with E-state index in [1.54, 1.807) is 0 Å². The minimum atomic E-state index is -4.46.